The molecule has 2 saturated heterocycles. The zero-order chi connectivity index (χ0) is 21.8. The Morgan fingerprint density at radius 1 is 1.00 bits per heavy atom. The van der Waals surface area contributed by atoms with Gasteiger partial charge in [0.15, 0.2) is 5.79 Å². The van der Waals surface area contributed by atoms with Crippen molar-refractivity contribution in [2.75, 3.05) is 6.61 Å². The zero-order valence-corrected chi connectivity index (χ0v) is 19.9. The molecule has 0 aromatic carbocycles. The number of carbonyl (C=O) groups excluding carboxylic acids is 1. The molecule has 2 aliphatic heterocycles. The smallest absolute Gasteiger partial charge is 0.171 e. The number of ether oxygens (including phenoxy) is 2. The third kappa shape index (κ3) is 2.68. The first kappa shape index (κ1) is 21.1. The van der Waals surface area contributed by atoms with Gasteiger partial charge < -0.3 is 14.6 Å². The Morgan fingerprint density at radius 3 is 2.55 bits per heavy atom. The summed E-state index contributed by atoms with van der Waals surface area (Å²) in [5, 5.41) is 10.3. The normalized spacial score (nSPS) is 60.9. The van der Waals surface area contributed by atoms with Gasteiger partial charge in [0.1, 0.15) is 5.78 Å². The molecular weight excluding hydrogens is 388 g/mol. The highest BCUT2D eigenvalue weighted by molar-refractivity contribution is 5.87. The van der Waals surface area contributed by atoms with Gasteiger partial charge in [-0.15, -0.1) is 0 Å². The lowest BCUT2D eigenvalue weighted by molar-refractivity contribution is -0.272. The number of hydrogen-bond acceptors (Lipinski definition) is 4. The average Bonchev–Trinajstić information content (AvgIpc) is 3.18. The Kier molecular flexibility index (Phi) is 4.62. The van der Waals surface area contributed by atoms with Gasteiger partial charge in [-0.3, -0.25) is 4.79 Å². The minimum atomic E-state index is -0.448. The number of hydrogen-bond donors (Lipinski definition) is 1. The monoisotopic (exact) mass is 430 g/mol. The van der Waals surface area contributed by atoms with Crippen LogP contribution < -0.4 is 0 Å². The molecule has 0 unspecified atom stereocenters. The molecular formula is C27H42O4. The van der Waals surface area contributed by atoms with Crippen LogP contribution in [0.15, 0.2) is 0 Å². The maximum atomic E-state index is 14.0. The van der Waals surface area contributed by atoms with E-state index in [1.54, 1.807) is 0 Å². The first-order valence-electron chi connectivity index (χ1n) is 13.2. The largest absolute Gasteiger partial charge is 0.393 e. The standard InChI is InChI=1S/C27H42O4/c1-15-7-10-27(30-14-15)16(2)24-22(31-27)12-21-19-6-5-17-11-18(28)8-9-25(17,3)20(19)13-23(29)26(21,24)4/h15-22,24,28H,5-14H2,1-4H3/t15-,16+,17+,18-,19-,20-,21-,22-,24-,25+,26+,27-/m1/s1. The maximum absolute atomic E-state index is 14.0. The second-order valence-corrected chi connectivity index (χ2v) is 13.0. The highest BCUT2D eigenvalue weighted by atomic mass is 16.7. The van der Waals surface area contributed by atoms with E-state index in [4.69, 9.17) is 9.47 Å². The molecule has 0 bridgehead atoms. The van der Waals surface area contributed by atoms with Gasteiger partial charge in [-0.2, -0.15) is 0 Å². The molecule has 0 aromatic heterocycles. The number of Topliss-reactive ketones (excluding diaryl/α,β-unsaturated/α-hetero) is 1. The molecule has 0 aromatic rings. The van der Waals surface area contributed by atoms with Gasteiger partial charge in [0.25, 0.3) is 0 Å². The number of fused-ring (bicyclic) bond motifs is 7. The van der Waals surface area contributed by atoms with Gasteiger partial charge in [0, 0.05) is 30.1 Å². The molecule has 0 amide bonds. The van der Waals surface area contributed by atoms with Gasteiger partial charge in [0.2, 0.25) is 0 Å². The van der Waals surface area contributed by atoms with Crippen molar-refractivity contribution in [3.63, 3.8) is 0 Å². The van der Waals surface area contributed by atoms with Crippen LogP contribution >= 0.6 is 0 Å². The molecule has 4 saturated carbocycles. The van der Waals surface area contributed by atoms with Crippen LogP contribution in [0.1, 0.15) is 85.5 Å². The third-order valence-corrected chi connectivity index (χ3v) is 11.8. The van der Waals surface area contributed by atoms with E-state index in [0.717, 1.165) is 51.6 Å². The van der Waals surface area contributed by atoms with E-state index in [9.17, 15) is 9.90 Å². The van der Waals surface area contributed by atoms with Crippen molar-refractivity contribution >= 4 is 5.78 Å². The summed E-state index contributed by atoms with van der Waals surface area (Å²) in [7, 11) is 0. The van der Waals surface area contributed by atoms with Crippen LogP contribution in [-0.4, -0.2) is 35.5 Å². The highest BCUT2D eigenvalue weighted by Crippen LogP contribution is 2.70. The van der Waals surface area contributed by atoms with Gasteiger partial charge >= 0.3 is 0 Å². The van der Waals surface area contributed by atoms with E-state index < -0.39 is 5.79 Å². The summed E-state index contributed by atoms with van der Waals surface area (Å²) >= 11 is 0. The van der Waals surface area contributed by atoms with Crippen molar-refractivity contribution in [2.45, 2.75) is 103 Å². The summed E-state index contributed by atoms with van der Waals surface area (Å²) in [6, 6.07) is 0. The molecule has 4 nitrogen and oxygen atoms in total. The molecule has 6 aliphatic rings. The molecule has 12 atom stereocenters. The molecule has 1 N–H and O–H groups in total. The molecule has 31 heavy (non-hydrogen) atoms. The predicted molar refractivity (Wildman–Crippen MR) is 118 cm³/mol. The minimum Gasteiger partial charge on any atom is -0.393 e. The first-order valence-corrected chi connectivity index (χ1v) is 13.2. The Labute approximate surface area is 187 Å². The molecule has 1 spiro atoms. The molecule has 6 fully saturated rings. The molecule has 6 rings (SSSR count). The van der Waals surface area contributed by atoms with Crippen LogP contribution in [0.4, 0.5) is 0 Å². The van der Waals surface area contributed by atoms with Gasteiger partial charge in [-0.05, 0) is 80.0 Å². The number of ketones is 1. The SMILES string of the molecule is C[C@@H]1CC[C@@]2(OC1)O[C@@H]1C[C@@H]3[C@@H]4CC[C@H]5C[C@H](O)CC[C@]5(C)[C@@H]4CC(=O)[C@@]3(C)[C@@H]1[C@@H]2C. The van der Waals surface area contributed by atoms with Crippen LogP contribution in [0, 0.1) is 52.3 Å². The number of aliphatic hydroxyl groups excluding tert-OH is 1. The Balaban J connectivity index is 1.30. The Bertz CT molecular complexity index is 756. The maximum Gasteiger partial charge on any atom is 0.171 e. The van der Waals surface area contributed by atoms with E-state index >= 15 is 0 Å². The second-order valence-electron chi connectivity index (χ2n) is 13.0. The average molecular weight is 431 g/mol. The van der Waals surface area contributed by atoms with Crippen molar-refractivity contribution in [2.24, 2.45) is 52.3 Å². The quantitative estimate of drug-likeness (QED) is 0.589. The van der Waals surface area contributed by atoms with E-state index in [0.29, 0.717) is 41.3 Å². The predicted octanol–water partition coefficient (Wildman–Crippen LogP) is 4.97. The van der Waals surface area contributed by atoms with E-state index in [2.05, 4.69) is 27.7 Å². The fraction of sp³-hybridized carbons (Fsp3) is 0.963. The van der Waals surface area contributed by atoms with Crippen LogP contribution in [0.2, 0.25) is 0 Å². The Morgan fingerprint density at radius 2 is 1.81 bits per heavy atom. The lowest BCUT2D eigenvalue weighted by Gasteiger charge is -2.60. The summed E-state index contributed by atoms with van der Waals surface area (Å²) in [6.07, 6.45) is 9.39. The molecule has 4 heteroatoms. The highest BCUT2D eigenvalue weighted by Gasteiger charge is 2.71. The first-order chi connectivity index (χ1) is 14.7. The fourth-order valence-electron chi connectivity index (χ4n) is 9.93. The van der Waals surface area contributed by atoms with E-state index in [1.807, 2.05) is 0 Å². The fourth-order valence-corrected chi connectivity index (χ4v) is 9.93. The van der Waals surface area contributed by atoms with Gasteiger partial charge in [0.05, 0.1) is 18.8 Å². The van der Waals surface area contributed by atoms with E-state index in [-0.39, 0.29) is 29.0 Å². The summed E-state index contributed by atoms with van der Waals surface area (Å²) < 4.78 is 13.2. The zero-order valence-electron chi connectivity index (χ0n) is 19.9. The summed E-state index contributed by atoms with van der Waals surface area (Å²) in [5.41, 5.74) is -0.0221. The second kappa shape index (κ2) is 6.79. The minimum absolute atomic E-state index is 0.131. The van der Waals surface area contributed by atoms with Crippen LogP contribution in [0.3, 0.4) is 0 Å². The summed E-state index contributed by atoms with van der Waals surface area (Å²) in [5.74, 6) is 3.45. The third-order valence-electron chi connectivity index (χ3n) is 11.8. The van der Waals surface area contributed by atoms with Crippen molar-refractivity contribution in [1.29, 1.82) is 0 Å². The van der Waals surface area contributed by atoms with Gasteiger partial charge in [-0.1, -0.05) is 27.7 Å². The lowest BCUT2D eigenvalue weighted by atomic mass is 9.44. The van der Waals surface area contributed by atoms with Gasteiger partial charge in [-0.25, -0.2) is 0 Å². The number of carbonyl (C=O) groups is 1. The van der Waals surface area contributed by atoms with Crippen molar-refractivity contribution in [3.8, 4) is 0 Å². The summed E-state index contributed by atoms with van der Waals surface area (Å²) in [6.45, 7) is 10.1. The molecule has 0 radical (unpaired) electrons. The van der Waals surface area contributed by atoms with E-state index in [1.165, 1.54) is 12.8 Å². The van der Waals surface area contributed by atoms with Crippen LogP contribution in [-0.2, 0) is 14.3 Å². The Hall–Kier alpha value is -0.450. The van der Waals surface area contributed by atoms with Crippen LogP contribution in [0.5, 0.6) is 0 Å². The van der Waals surface area contributed by atoms with Crippen molar-refractivity contribution < 1.29 is 19.4 Å². The van der Waals surface area contributed by atoms with Crippen LogP contribution in [0.25, 0.3) is 0 Å². The topological polar surface area (TPSA) is 55.8 Å². The van der Waals surface area contributed by atoms with Crippen molar-refractivity contribution in [3.05, 3.63) is 0 Å². The van der Waals surface area contributed by atoms with Crippen molar-refractivity contribution in [1.82, 2.24) is 0 Å². The molecule has 174 valence electrons. The number of aliphatic hydroxyl groups is 1. The summed E-state index contributed by atoms with van der Waals surface area (Å²) in [4.78, 5) is 14.0. The number of rotatable bonds is 0. The molecule has 4 aliphatic carbocycles. The lowest BCUT2D eigenvalue weighted by Crippen LogP contribution is -2.58. The molecule has 2 heterocycles.